The molecule has 0 radical (unpaired) electrons. The molecular weight excluding hydrogens is 457 g/mol. The first-order chi connectivity index (χ1) is 15.8. The summed E-state index contributed by atoms with van der Waals surface area (Å²) in [5.74, 6) is -2.47. The van der Waals surface area contributed by atoms with Gasteiger partial charge in [0.25, 0.3) is 0 Å². The molecule has 3 rings (SSSR count). The first kappa shape index (κ1) is 24.6. The summed E-state index contributed by atoms with van der Waals surface area (Å²) in [6, 6.07) is 23.0. The van der Waals surface area contributed by atoms with Crippen molar-refractivity contribution in [2.45, 2.75) is 24.8 Å². The van der Waals surface area contributed by atoms with Crippen molar-refractivity contribution in [1.29, 1.82) is 0 Å². The van der Waals surface area contributed by atoms with Crippen molar-refractivity contribution in [2.24, 2.45) is 0 Å². The van der Waals surface area contributed by atoms with Crippen molar-refractivity contribution in [3.8, 4) is 0 Å². The number of benzene rings is 3. The quantitative estimate of drug-likeness (QED) is 0.345. The van der Waals surface area contributed by atoms with Gasteiger partial charge in [-0.2, -0.15) is 0 Å². The van der Waals surface area contributed by atoms with Crippen LogP contribution < -0.4 is 0 Å². The van der Waals surface area contributed by atoms with Gasteiger partial charge in [-0.25, -0.2) is 0 Å². The molecule has 3 atom stereocenters. The number of carbonyl (C=O) groups is 2. The summed E-state index contributed by atoms with van der Waals surface area (Å²) in [5, 5.41) is 11.1. The first-order valence-corrected chi connectivity index (χ1v) is 11.3. The predicted octanol–water partition coefficient (Wildman–Crippen LogP) is 6.72. The zero-order valence-corrected chi connectivity index (χ0v) is 19.7. The van der Waals surface area contributed by atoms with Crippen LogP contribution in [0.5, 0.6) is 0 Å². The SMILES string of the molecule is C=C[C@H](c1cccc(Cl)c1)[C@@H](c1ccc(Cl)cc1)N(CC(C(=O)O)c1ccccc1)C(C)=O. The van der Waals surface area contributed by atoms with E-state index in [2.05, 4.69) is 6.58 Å². The second kappa shape index (κ2) is 11.2. The van der Waals surface area contributed by atoms with Gasteiger partial charge >= 0.3 is 5.97 Å². The Morgan fingerprint density at radius 1 is 0.909 bits per heavy atom. The lowest BCUT2D eigenvalue weighted by Crippen LogP contribution is -2.40. The Bertz CT molecular complexity index is 1120. The molecule has 3 aromatic carbocycles. The molecule has 0 aliphatic rings. The molecule has 0 aromatic heterocycles. The van der Waals surface area contributed by atoms with Crippen molar-refractivity contribution >= 4 is 35.1 Å². The minimum atomic E-state index is -1.000. The van der Waals surface area contributed by atoms with Gasteiger partial charge in [0, 0.05) is 29.4 Å². The molecule has 0 heterocycles. The monoisotopic (exact) mass is 481 g/mol. The lowest BCUT2D eigenvalue weighted by Gasteiger charge is -2.37. The fourth-order valence-electron chi connectivity index (χ4n) is 4.05. The van der Waals surface area contributed by atoms with Crippen molar-refractivity contribution in [3.05, 3.63) is 118 Å². The van der Waals surface area contributed by atoms with E-state index in [9.17, 15) is 14.7 Å². The summed E-state index contributed by atoms with van der Waals surface area (Å²) in [6.07, 6.45) is 1.76. The van der Waals surface area contributed by atoms with Crippen molar-refractivity contribution in [2.75, 3.05) is 6.54 Å². The maximum Gasteiger partial charge on any atom is 0.312 e. The van der Waals surface area contributed by atoms with Gasteiger partial charge in [-0.3, -0.25) is 9.59 Å². The summed E-state index contributed by atoms with van der Waals surface area (Å²) in [7, 11) is 0. The van der Waals surface area contributed by atoms with Crippen LogP contribution in [-0.2, 0) is 9.59 Å². The third-order valence-corrected chi connectivity index (χ3v) is 6.15. The number of rotatable bonds is 9. The third-order valence-electron chi connectivity index (χ3n) is 5.66. The molecule has 33 heavy (non-hydrogen) atoms. The normalized spacial score (nSPS) is 13.5. The van der Waals surface area contributed by atoms with Crippen LogP contribution in [0.3, 0.4) is 0 Å². The Hall–Kier alpha value is -3.08. The van der Waals surface area contributed by atoms with E-state index in [0.717, 1.165) is 11.1 Å². The standard InChI is InChI=1S/C27H25Cl2NO3/c1-3-24(21-10-7-11-23(29)16-21)26(20-12-14-22(28)15-13-20)30(18(2)31)17-25(27(32)33)19-8-5-4-6-9-19/h3-16,24-26H,1,17H2,2H3,(H,32,33)/t24-,25?,26-/m1/s1. The Labute approximate surface area is 204 Å². The number of hydrogen-bond acceptors (Lipinski definition) is 2. The number of carboxylic acids is 1. The van der Waals surface area contributed by atoms with E-state index in [4.69, 9.17) is 23.2 Å². The summed E-state index contributed by atoms with van der Waals surface area (Å²) >= 11 is 12.4. The molecule has 0 saturated heterocycles. The Kier molecular flexibility index (Phi) is 8.32. The Morgan fingerprint density at radius 2 is 1.55 bits per heavy atom. The summed E-state index contributed by atoms with van der Waals surface area (Å²) in [6.45, 7) is 5.46. The third kappa shape index (κ3) is 6.04. The first-order valence-electron chi connectivity index (χ1n) is 10.5. The Morgan fingerprint density at radius 3 is 2.09 bits per heavy atom. The van der Waals surface area contributed by atoms with Crippen molar-refractivity contribution in [3.63, 3.8) is 0 Å². The molecule has 6 heteroatoms. The van der Waals surface area contributed by atoms with Crippen LogP contribution in [0.4, 0.5) is 0 Å². The van der Waals surface area contributed by atoms with Crippen molar-refractivity contribution < 1.29 is 14.7 Å². The molecule has 1 N–H and O–H groups in total. The zero-order chi connectivity index (χ0) is 24.0. The topological polar surface area (TPSA) is 57.6 Å². The number of amides is 1. The van der Waals surface area contributed by atoms with Gasteiger partial charge in [0.1, 0.15) is 0 Å². The van der Waals surface area contributed by atoms with E-state index in [1.165, 1.54) is 6.92 Å². The van der Waals surface area contributed by atoms with E-state index in [1.54, 1.807) is 53.4 Å². The number of halogens is 2. The average Bonchev–Trinajstić information content (AvgIpc) is 2.79. The fourth-order valence-corrected chi connectivity index (χ4v) is 4.37. The summed E-state index contributed by atoms with van der Waals surface area (Å²) in [5.41, 5.74) is 2.32. The summed E-state index contributed by atoms with van der Waals surface area (Å²) in [4.78, 5) is 26.8. The molecule has 0 spiro atoms. The van der Waals surface area contributed by atoms with Gasteiger partial charge in [-0.15, -0.1) is 6.58 Å². The molecule has 0 saturated carbocycles. The van der Waals surface area contributed by atoms with Gasteiger partial charge in [0.2, 0.25) is 5.91 Å². The Balaban J connectivity index is 2.12. The largest absolute Gasteiger partial charge is 0.481 e. The van der Waals surface area contributed by atoms with Gasteiger partial charge in [-0.05, 0) is 41.0 Å². The van der Waals surface area contributed by atoms with Crippen LogP contribution >= 0.6 is 23.2 Å². The molecule has 3 aromatic rings. The highest BCUT2D eigenvalue weighted by Crippen LogP contribution is 2.39. The zero-order valence-electron chi connectivity index (χ0n) is 18.2. The van der Waals surface area contributed by atoms with E-state index < -0.39 is 17.9 Å². The molecule has 1 amide bonds. The van der Waals surface area contributed by atoms with Gasteiger partial charge < -0.3 is 10.0 Å². The molecule has 4 nitrogen and oxygen atoms in total. The molecular formula is C27H25Cl2NO3. The minimum Gasteiger partial charge on any atom is -0.481 e. The highest BCUT2D eigenvalue weighted by Gasteiger charge is 2.34. The smallest absolute Gasteiger partial charge is 0.312 e. The van der Waals surface area contributed by atoms with Crippen LogP contribution in [0.1, 0.15) is 41.5 Å². The van der Waals surface area contributed by atoms with Crippen LogP contribution in [0.25, 0.3) is 0 Å². The van der Waals surface area contributed by atoms with E-state index >= 15 is 0 Å². The lowest BCUT2D eigenvalue weighted by atomic mass is 9.85. The maximum absolute atomic E-state index is 13.0. The molecule has 0 bridgehead atoms. The van der Waals surface area contributed by atoms with Crippen LogP contribution in [-0.4, -0.2) is 28.4 Å². The average molecular weight is 482 g/mol. The molecule has 0 aliphatic carbocycles. The number of carboxylic acid groups (broad SMARTS) is 1. The second-order valence-corrected chi connectivity index (χ2v) is 8.66. The predicted molar refractivity (Wildman–Crippen MR) is 133 cm³/mol. The molecule has 1 unspecified atom stereocenters. The molecule has 0 aliphatic heterocycles. The molecule has 170 valence electrons. The summed E-state index contributed by atoms with van der Waals surface area (Å²) < 4.78 is 0. The van der Waals surface area contributed by atoms with Gasteiger partial charge in [-0.1, -0.05) is 83.9 Å². The highest BCUT2D eigenvalue weighted by molar-refractivity contribution is 6.30. The van der Waals surface area contributed by atoms with Crippen LogP contribution in [0.15, 0.2) is 91.5 Å². The van der Waals surface area contributed by atoms with Crippen LogP contribution in [0, 0.1) is 0 Å². The molecule has 0 fully saturated rings. The number of hydrogen-bond donors (Lipinski definition) is 1. The highest BCUT2D eigenvalue weighted by atomic mass is 35.5. The fraction of sp³-hybridized carbons (Fsp3) is 0.185. The minimum absolute atomic E-state index is 0.00706. The van der Waals surface area contributed by atoms with E-state index in [-0.39, 0.29) is 18.4 Å². The second-order valence-electron chi connectivity index (χ2n) is 7.79. The lowest BCUT2D eigenvalue weighted by molar-refractivity contribution is -0.141. The van der Waals surface area contributed by atoms with Crippen LogP contribution in [0.2, 0.25) is 10.0 Å². The van der Waals surface area contributed by atoms with E-state index in [1.807, 2.05) is 36.4 Å². The number of carbonyl (C=O) groups excluding carboxylic acids is 1. The number of nitrogens with zero attached hydrogens (tertiary/aromatic N) is 1. The van der Waals surface area contributed by atoms with Gasteiger partial charge in [0.15, 0.2) is 0 Å². The van der Waals surface area contributed by atoms with Crippen molar-refractivity contribution in [1.82, 2.24) is 4.90 Å². The van der Waals surface area contributed by atoms with E-state index in [0.29, 0.717) is 15.6 Å². The van der Waals surface area contributed by atoms with Gasteiger partial charge in [0.05, 0.1) is 12.0 Å². The number of aliphatic carboxylic acids is 1. The maximum atomic E-state index is 13.0.